The molecule has 1 fully saturated rings. The Bertz CT molecular complexity index is 1180. The summed E-state index contributed by atoms with van der Waals surface area (Å²) in [6.45, 7) is 6.05. The van der Waals surface area contributed by atoms with E-state index in [-0.39, 0.29) is 11.3 Å². The summed E-state index contributed by atoms with van der Waals surface area (Å²) in [5.74, 6) is -1.14. The van der Waals surface area contributed by atoms with Crippen molar-refractivity contribution in [2.24, 2.45) is 0 Å². The van der Waals surface area contributed by atoms with Gasteiger partial charge in [0.15, 0.2) is 0 Å². The van der Waals surface area contributed by atoms with Gasteiger partial charge in [-0.25, -0.2) is 0 Å². The Morgan fingerprint density at radius 3 is 2.52 bits per heavy atom. The van der Waals surface area contributed by atoms with Crippen molar-refractivity contribution in [3.63, 3.8) is 0 Å². The Balaban J connectivity index is 1.93. The molecule has 1 aliphatic heterocycles. The van der Waals surface area contributed by atoms with Crippen molar-refractivity contribution in [1.29, 1.82) is 0 Å². The minimum atomic E-state index is -0.853. The lowest BCUT2D eigenvalue weighted by Gasteiger charge is -2.23. The van der Waals surface area contributed by atoms with Gasteiger partial charge in [0.1, 0.15) is 16.5 Å². The van der Waals surface area contributed by atoms with Crippen LogP contribution in [0.15, 0.2) is 54.1 Å². The van der Waals surface area contributed by atoms with Gasteiger partial charge in [-0.1, -0.05) is 53.3 Å². The molecular weight excluding hydrogens is 414 g/mol. The molecule has 0 spiro atoms. The van der Waals surface area contributed by atoms with Crippen LogP contribution in [0, 0.1) is 13.8 Å². The summed E-state index contributed by atoms with van der Waals surface area (Å²) in [7, 11) is 0. The number of ketones is 1. The molecule has 1 aromatic heterocycles. The van der Waals surface area contributed by atoms with E-state index < -0.39 is 17.7 Å². The molecule has 0 saturated carbocycles. The molecule has 1 atom stereocenters. The van der Waals surface area contributed by atoms with Crippen LogP contribution in [-0.4, -0.2) is 33.6 Å². The van der Waals surface area contributed by atoms with Crippen LogP contribution < -0.4 is 9.64 Å². The standard InChI is InChI=1S/C23H21N3O4S/c1-4-30-17-7-5-6-16(12-17)19-18(20(27)15-10-8-13(2)9-11-15)21(28)22(29)26(19)23-25-24-14(3)31-23/h5-12,19,27H,4H2,1-3H3/b20-18+. The van der Waals surface area contributed by atoms with Crippen molar-refractivity contribution in [2.75, 3.05) is 11.5 Å². The van der Waals surface area contributed by atoms with Gasteiger partial charge in [0.05, 0.1) is 18.2 Å². The lowest BCUT2D eigenvalue weighted by molar-refractivity contribution is -0.132. The van der Waals surface area contributed by atoms with Crippen LogP contribution in [0.2, 0.25) is 0 Å². The SMILES string of the molecule is CCOc1cccc(C2/C(=C(\O)c3ccc(C)cc3)C(=O)C(=O)N2c2nnc(C)s2)c1. The Hall–Kier alpha value is -3.52. The molecule has 8 heteroatoms. The van der Waals surface area contributed by atoms with Crippen molar-refractivity contribution in [1.82, 2.24) is 10.2 Å². The summed E-state index contributed by atoms with van der Waals surface area (Å²) in [6, 6.07) is 13.4. The smallest absolute Gasteiger partial charge is 0.301 e. The first-order chi connectivity index (χ1) is 14.9. The van der Waals surface area contributed by atoms with Crippen LogP contribution in [0.1, 0.15) is 34.7 Å². The van der Waals surface area contributed by atoms with E-state index in [1.165, 1.54) is 16.2 Å². The summed E-state index contributed by atoms with van der Waals surface area (Å²) in [6.07, 6.45) is 0. The highest BCUT2D eigenvalue weighted by atomic mass is 32.1. The number of aryl methyl sites for hydroxylation is 2. The van der Waals surface area contributed by atoms with Crippen molar-refractivity contribution in [3.05, 3.63) is 75.8 Å². The topological polar surface area (TPSA) is 92.6 Å². The minimum absolute atomic E-state index is 0.00959. The van der Waals surface area contributed by atoms with Gasteiger partial charge in [-0.3, -0.25) is 14.5 Å². The number of ether oxygens (including phenoxy) is 1. The normalized spacial score (nSPS) is 17.9. The number of benzene rings is 2. The molecule has 7 nitrogen and oxygen atoms in total. The van der Waals surface area contributed by atoms with Gasteiger partial charge < -0.3 is 9.84 Å². The number of hydrogen-bond donors (Lipinski definition) is 1. The van der Waals surface area contributed by atoms with E-state index >= 15 is 0 Å². The molecule has 1 N–H and O–H groups in total. The third-order valence-corrected chi connectivity index (χ3v) is 5.81. The zero-order valence-corrected chi connectivity index (χ0v) is 18.1. The number of amides is 1. The van der Waals surface area contributed by atoms with Gasteiger partial charge >= 0.3 is 5.91 Å². The van der Waals surface area contributed by atoms with E-state index in [1.807, 2.05) is 26.0 Å². The fraction of sp³-hybridized carbons (Fsp3) is 0.217. The lowest BCUT2D eigenvalue weighted by Crippen LogP contribution is -2.29. The van der Waals surface area contributed by atoms with Crippen LogP contribution in [0.5, 0.6) is 5.75 Å². The van der Waals surface area contributed by atoms with Gasteiger partial charge in [-0.2, -0.15) is 0 Å². The third-order valence-electron chi connectivity index (χ3n) is 4.98. The fourth-order valence-corrected chi connectivity index (χ4v) is 4.25. The third kappa shape index (κ3) is 3.82. The van der Waals surface area contributed by atoms with E-state index in [0.717, 1.165) is 5.56 Å². The summed E-state index contributed by atoms with van der Waals surface area (Å²) < 4.78 is 5.61. The number of carbonyl (C=O) groups excluding carboxylic acids is 2. The van der Waals surface area contributed by atoms with Crippen LogP contribution in [0.25, 0.3) is 5.76 Å². The molecule has 158 valence electrons. The van der Waals surface area contributed by atoms with Crippen LogP contribution in [0.3, 0.4) is 0 Å². The second kappa shape index (κ2) is 8.31. The molecule has 2 aromatic carbocycles. The first kappa shape index (κ1) is 20.7. The quantitative estimate of drug-likeness (QED) is 0.367. The van der Waals surface area contributed by atoms with Crippen LogP contribution in [-0.2, 0) is 9.59 Å². The monoisotopic (exact) mass is 435 g/mol. The molecule has 0 bridgehead atoms. The highest BCUT2D eigenvalue weighted by Gasteiger charge is 2.48. The molecule has 1 amide bonds. The number of carbonyl (C=O) groups is 2. The van der Waals surface area contributed by atoms with Crippen molar-refractivity contribution in [2.45, 2.75) is 26.8 Å². The molecule has 31 heavy (non-hydrogen) atoms. The number of Topliss-reactive ketones (excluding diaryl/α,β-unsaturated/α-hetero) is 1. The number of aliphatic hydroxyl groups excluding tert-OH is 1. The maximum atomic E-state index is 13.1. The summed E-state index contributed by atoms with van der Waals surface area (Å²) in [5, 5.41) is 20.1. The van der Waals surface area contributed by atoms with E-state index in [9.17, 15) is 14.7 Å². The predicted octanol–water partition coefficient (Wildman–Crippen LogP) is 4.18. The van der Waals surface area contributed by atoms with Crippen LogP contribution in [0.4, 0.5) is 5.13 Å². The van der Waals surface area contributed by atoms with E-state index in [2.05, 4.69) is 10.2 Å². The van der Waals surface area contributed by atoms with Gasteiger partial charge in [0.2, 0.25) is 5.13 Å². The van der Waals surface area contributed by atoms with Gasteiger partial charge in [-0.05, 0) is 38.5 Å². The number of aliphatic hydroxyl groups is 1. The van der Waals surface area contributed by atoms with E-state index in [1.54, 1.807) is 43.3 Å². The van der Waals surface area contributed by atoms with Gasteiger partial charge in [-0.15, -0.1) is 10.2 Å². The summed E-state index contributed by atoms with van der Waals surface area (Å²) in [5.41, 5.74) is 2.12. The maximum Gasteiger partial charge on any atom is 0.301 e. The second-order valence-corrected chi connectivity index (χ2v) is 8.30. The average Bonchev–Trinajstić information content (AvgIpc) is 3.29. The van der Waals surface area contributed by atoms with Crippen molar-refractivity contribution in [3.8, 4) is 5.75 Å². The molecule has 3 aromatic rings. The van der Waals surface area contributed by atoms with Crippen molar-refractivity contribution < 1.29 is 19.4 Å². The first-order valence-electron chi connectivity index (χ1n) is 9.81. The Morgan fingerprint density at radius 2 is 1.87 bits per heavy atom. The molecule has 1 saturated heterocycles. The fourth-order valence-electron chi connectivity index (χ4n) is 3.54. The Kier molecular flexibility index (Phi) is 5.56. The number of hydrogen-bond acceptors (Lipinski definition) is 7. The minimum Gasteiger partial charge on any atom is -0.507 e. The number of aromatic nitrogens is 2. The van der Waals surface area contributed by atoms with Crippen LogP contribution >= 0.6 is 11.3 Å². The molecule has 1 unspecified atom stereocenters. The summed E-state index contributed by atoms with van der Waals surface area (Å²) >= 11 is 1.21. The van der Waals surface area contributed by atoms with E-state index in [4.69, 9.17) is 4.74 Å². The van der Waals surface area contributed by atoms with Crippen molar-refractivity contribution >= 4 is 33.9 Å². The van der Waals surface area contributed by atoms with Gasteiger partial charge in [0, 0.05) is 5.56 Å². The number of nitrogens with zero attached hydrogens (tertiary/aromatic N) is 3. The Labute approximate surface area is 183 Å². The molecule has 1 aliphatic rings. The molecule has 0 aliphatic carbocycles. The number of rotatable bonds is 5. The predicted molar refractivity (Wildman–Crippen MR) is 118 cm³/mol. The second-order valence-electron chi connectivity index (χ2n) is 7.14. The highest BCUT2D eigenvalue weighted by Crippen LogP contribution is 2.43. The average molecular weight is 436 g/mol. The zero-order valence-electron chi connectivity index (χ0n) is 17.3. The van der Waals surface area contributed by atoms with E-state index in [0.29, 0.717) is 33.6 Å². The molecule has 0 radical (unpaired) electrons. The molecule has 4 rings (SSSR count). The highest BCUT2D eigenvalue weighted by molar-refractivity contribution is 7.15. The molecular formula is C23H21N3O4S. The Morgan fingerprint density at radius 1 is 1.13 bits per heavy atom. The summed E-state index contributed by atoms with van der Waals surface area (Å²) in [4.78, 5) is 27.4. The maximum absolute atomic E-state index is 13.1. The number of anilines is 1. The lowest BCUT2D eigenvalue weighted by atomic mass is 9.95. The first-order valence-corrected chi connectivity index (χ1v) is 10.6. The largest absolute Gasteiger partial charge is 0.507 e. The zero-order chi connectivity index (χ0) is 22.1. The molecule has 2 heterocycles. The van der Waals surface area contributed by atoms with Gasteiger partial charge in [0.25, 0.3) is 5.78 Å².